The van der Waals surface area contributed by atoms with Crippen LogP contribution in [-0.4, -0.2) is 44.5 Å². The van der Waals surface area contributed by atoms with E-state index in [0.717, 1.165) is 17.5 Å². The SMILES string of the molecule is COC(=O)C1(NC(=O)/C=C/CN(C)C)CCC(C)c2ccccc21. The van der Waals surface area contributed by atoms with Crippen LogP contribution in [0.5, 0.6) is 0 Å². The van der Waals surface area contributed by atoms with E-state index in [0.29, 0.717) is 18.9 Å². The summed E-state index contributed by atoms with van der Waals surface area (Å²) >= 11 is 0. The van der Waals surface area contributed by atoms with E-state index in [4.69, 9.17) is 4.74 Å². The van der Waals surface area contributed by atoms with E-state index < -0.39 is 11.5 Å². The van der Waals surface area contributed by atoms with Gasteiger partial charge in [0.15, 0.2) is 5.54 Å². The fourth-order valence-electron chi connectivity index (χ4n) is 3.23. The third-order valence-electron chi connectivity index (χ3n) is 4.51. The number of nitrogens with zero attached hydrogens (tertiary/aromatic N) is 1. The number of fused-ring (bicyclic) bond motifs is 1. The highest BCUT2D eigenvalue weighted by Gasteiger charge is 2.46. The second kappa shape index (κ2) is 7.62. The number of hydrogen-bond donors (Lipinski definition) is 1. The van der Waals surface area contributed by atoms with E-state index in [9.17, 15) is 9.59 Å². The van der Waals surface area contributed by atoms with Crippen LogP contribution in [0.4, 0.5) is 0 Å². The van der Waals surface area contributed by atoms with Crippen LogP contribution in [0.15, 0.2) is 36.4 Å². The normalized spacial score (nSPS) is 23.1. The molecule has 1 N–H and O–H groups in total. The molecular formula is C19H26N2O3. The van der Waals surface area contributed by atoms with E-state index in [1.165, 1.54) is 13.2 Å². The smallest absolute Gasteiger partial charge is 0.336 e. The van der Waals surface area contributed by atoms with Gasteiger partial charge >= 0.3 is 5.97 Å². The highest BCUT2D eigenvalue weighted by atomic mass is 16.5. The maximum Gasteiger partial charge on any atom is 0.336 e. The van der Waals surface area contributed by atoms with Gasteiger partial charge in [0.1, 0.15) is 0 Å². The van der Waals surface area contributed by atoms with Crippen molar-refractivity contribution in [3.05, 3.63) is 47.5 Å². The number of benzene rings is 1. The highest BCUT2D eigenvalue weighted by molar-refractivity contribution is 5.94. The molecule has 1 amide bonds. The molecule has 0 spiro atoms. The van der Waals surface area contributed by atoms with Gasteiger partial charge in [0.2, 0.25) is 5.91 Å². The molecule has 0 aromatic heterocycles. The zero-order valence-electron chi connectivity index (χ0n) is 14.8. The number of carbonyl (C=O) groups is 2. The Labute approximate surface area is 143 Å². The van der Waals surface area contributed by atoms with Crippen LogP contribution in [0.1, 0.15) is 36.8 Å². The molecule has 0 bridgehead atoms. The number of amides is 1. The van der Waals surface area contributed by atoms with E-state index in [1.807, 2.05) is 43.3 Å². The quantitative estimate of drug-likeness (QED) is 0.664. The monoisotopic (exact) mass is 330 g/mol. The topological polar surface area (TPSA) is 58.6 Å². The van der Waals surface area contributed by atoms with Gasteiger partial charge in [-0.3, -0.25) is 4.79 Å². The molecule has 24 heavy (non-hydrogen) atoms. The summed E-state index contributed by atoms with van der Waals surface area (Å²) in [5.74, 6) is -0.358. The Balaban J connectivity index is 2.35. The summed E-state index contributed by atoms with van der Waals surface area (Å²) in [6, 6.07) is 7.78. The van der Waals surface area contributed by atoms with Gasteiger partial charge in [0.25, 0.3) is 0 Å². The number of esters is 1. The molecule has 2 unspecified atom stereocenters. The molecule has 1 aromatic rings. The predicted octanol–water partition coefficient (Wildman–Crippen LogP) is 2.19. The van der Waals surface area contributed by atoms with Gasteiger partial charge in [-0.05, 0) is 44.0 Å². The molecule has 0 fully saturated rings. The van der Waals surface area contributed by atoms with Crippen LogP contribution in [-0.2, 0) is 19.9 Å². The molecule has 5 heteroatoms. The molecule has 1 aliphatic carbocycles. The van der Waals surface area contributed by atoms with Gasteiger partial charge in [-0.15, -0.1) is 0 Å². The van der Waals surface area contributed by atoms with Crippen LogP contribution in [0, 0.1) is 0 Å². The minimum absolute atomic E-state index is 0.286. The predicted molar refractivity (Wildman–Crippen MR) is 93.6 cm³/mol. The number of ether oxygens (including phenoxy) is 1. The molecule has 0 aliphatic heterocycles. The van der Waals surface area contributed by atoms with Gasteiger partial charge in [0, 0.05) is 12.6 Å². The molecule has 130 valence electrons. The van der Waals surface area contributed by atoms with Crippen molar-refractivity contribution in [1.29, 1.82) is 0 Å². The molecule has 2 atom stereocenters. The number of rotatable bonds is 5. The molecule has 2 rings (SSSR count). The Bertz CT molecular complexity index is 639. The summed E-state index contributed by atoms with van der Waals surface area (Å²) in [6.07, 6.45) is 4.60. The second-order valence-electron chi connectivity index (χ2n) is 6.58. The summed E-state index contributed by atoms with van der Waals surface area (Å²) in [7, 11) is 5.21. The van der Waals surface area contributed by atoms with Gasteiger partial charge in [-0.1, -0.05) is 37.3 Å². The fraction of sp³-hybridized carbons (Fsp3) is 0.474. The number of hydrogen-bond acceptors (Lipinski definition) is 4. The van der Waals surface area contributed by atoms with Crippen molar-refractivity contribution >= 4 is 11.9 Å². The lowest BCUT2D eigenvalue weighted by Crippen LogP contribution is -2.54. The number of likely N-dealkylation sites (N-methyl/N-ethyl adjacent to an activating group) is 1. The minimum atomic E-state index is -1.11. The Hall–Kier alpha value is -2.14. The Morgan fingerprint density at radius 1 is 1.38 bits per heavy atom. The zero-order chi connectivity index (χ0) is 17.7. The number of nitrogens with one attached hydrogen (secondary N) is 1. The van der Waals surface area contributed by atoms with E-state index in [-0.39, 0.29) is 5.91 Å². The van der Waals surface area contributed by atoms with Crippen molar-refractivity contribution in [3.8, 4) is 0 Å². The van der Waals surface area contributed by atoms with E-state index in [2.05, 4.69) is 12.2 Å². The van der Waals surface area contributed by atoms with Crippen LogP contribution in [0.2, 0.25) is 0 Å². The molecule has 1 aromatic carbocycles. The first kappa shape index (κ1) is 18.2. The van der Waals surface area contributed by atoms with E-state index >= 15 is 0 Å². The summed E-state index contributed by atoms with van der Waals surface area (Å²) in [4.78, 5) is 26.9. The largest absolute Gasteiger partial charge is 0.467 e. The summed E-state index contributed by atoms with van der Waals surface area (Å²) in [5.41, 5.74) is 0.814. The third-order valence-corrected chi connectivity index (χ3v) is 4.51. The lowest BCUT2D eigenvalue weighted by Gasteiger charge is -2.39. The molecule has 0 saturated carbocycles. The number of carbonyl (C=O) groups excluding carboxylic acids is 2. The third kappa shape index (κ3) is 3.67. The molecule has 0 saturated heterocycles. The average molecular weight is 330 g/mol. The van der Waals surface area contributed by atoms with Crippen molar-refractivity contribution in [2.45, 2.75) is 31.2 Å². The van der Waals surface area contributed by atoms with Crippen LogP contribution in [0.3, 0.4) is 0 Å². The van der Waals surface area contributed by atoms with Crippen LogP contribution < -0.4 is 5.32 Å². The summed E-state index contributed by atoms with van der Waals surface area (Å²) in [5, 5.41) is 2.91. The van der Waals surface area contributed by atoms with Crippen molar-refractivity contribution in [3.63, 3.8) is 0 Å². The molecule has 5 nitrogen and oxygen atoms in total. The van der Waals surface area contributed by atoms with Crippen molar-refractivity contribution in [2.24, 2.45) is 0 Å². The molecule has 0 radical (unpaired) electrons. The fourth-order valence-corrected chi connectivity index (χ4v) is 3.23. The maximum absolute atomic E-state index is 12.6. The Morgan fingerprint density at radius 2 is 2.08 bits per heavy atom. The molecule has 1 aliphatic rings. The van der Waals surface area contributed by atoms with Gasteiger partial charge in [-0.2, -0.15) is 0 Å². The average Bonchev–Trinajstić information content (AvgIpc) is 2.56. The van der Waals surface area contributed by atoms with Crippen LogP contribution in [0.25, 0.3) is 0 Å². The van der Waals surface area contributed by atoms with Crippen molar-refractivity contribution in [1.82, 2.24) is 10.2 Å². The van der Waals surface area contributed by atoms with Gasteiger partial charge < -0.3 is 15.0 Å². The van der Waals surface area contributed by atoms with Crippen LogP contribution >= 0.6 is 0 Å². The zero-order valence-corrected chi connectivity index (χ0v) is 14.8. The summed E-state index contributed by atoms with van der Waals surface area (Å²) in [6.45, 7) is 2.80. The minimum Gasteiger partial charge on any atom is -0.467 e. The Morgan fingerprint density at radius 3 is 2.75 bits per heavy atom. The first-order chi connectivity index (χ1) is 11.4. The molecule has 0 heterocycles. The van der Waals surface area contributed by atoms with Gasteiger partial charge in [0.05, 0.1) is 7.11 Å². The Kier molecular flexibility index (Phi) is 5.78. The maximum atomic E-state index is 12.6. The lowest BCUT2D eigenvalue weighted by molar-refractivity contribution is -0.152. The highest BCUT2D eigenvalue weighted by Crippen LogP contribution is 2.41. The first-order valence-corrected chi connectivity index (χ1v) is 8.22. The second-order valence-corrected chi connectivity index (χ2v) is 6.58. The summed E-state index contributed by atoms with van der Waals surface area (Å²) < 4.78 is 5.04. The number of methoxy groups -OCH3 is 1. The van der Waals surface area contributed by atoms with E-state index in [1.54, 1.807) is 6.08 Å². The first-order valence-electron chi connectivity index (χ1n) is 8.22. The van der Waals surface area contributed by atoms with Crippen molar-refractivity contribution in [2.75, 3.05) is 27.7 Å². The molecular weight excluding hydrogens is 304 g/mol. The standard InChI is InChI=1S/C19H26N2O3/c1-14-11-12-19(18(23)24-4,16-9-6-5-8-15(14)16)20-17(22)10-7-13-21(2)3/h5-10,14H,11-13H2,1-4H3,(H,20,22)/b10-7+. The van der Waals surface area contributed by atoms with Crippen molar-refractivity contribution < 1.29 is 14.3 Å². The lowest BCUT2D eigenvalue weighted by atomic mass is 9.72. The van der Waals surface area contributed by atoms with Gasteiger partial charge in [-0.25, -0.2) is 4.79 Å².